The SMILES string of the molecule is O=C([O-])[C@@H]1[C@H](C(=O)N2CCOCC2)[C@@H]2C=C[C@H]1O2. The molecule has 0 unspecified atom stereocenters. The zero-order chi connectivity index (χ0) is 12.7. The summed E-state index contributed by atoms with van der Waals surface area (Å²) in [5.41, 5.74) is 0. The minimum absolute atomic E-state index is 0.163. The average molecular weight is 252 g/mol. The normalized spacial score (nSPS) is 38.1. The Morgan fingerprint density at radius 3 is 2.33 bits per heavy atom. The maximum absolute atomic E-state index is 12.4. The van der Waals surface area contributed by atoms with Gasteiger partial charge in [-0.15, -0.1) is 0 Å². The molecule has 98 valence electrons. The van der Waals surface area contributed by atoms with E-state index in [1.54, 1.807) is 17.1 Å². The first-order valence-electron chi connectivity index (χ1n) is 6.09. The first kappa shape index (κ1) is 11.7. The quantitative estimate of drug-likeness (QED) is 0.540. The number of carboxylic acid groups (broad SMARTS) is 1. The lowest BCUT2D eigenvalue weighted by molar-refractivity contribution is -0.313. The second-order valence-electron chi connectivity index (χ2n) is 4.76. The number of amides is 1. The molecule has 2 fully saturated rings. The molecule has 0 aromatic rings. The molecule has 0 aromatic heterocycles. The fourth-order valence-electron chi connectivity index (χ4n) is 2.88. The van der Waals surface area contributed by atoms with Gasteiger partial charge < -0.3 is 24.3 Å². The molecular formula is C12H14NO5-. The van der Waals surface area contributed by atoms with Gasteiger partial charge in [-0.05, 0) is 0 Å². The van der Waals surface area contributed by atoms with E-state index in [-0.39, 0.29) is 5.91 Å². The van der Waals surface area contributed by atoms with Crippen molar-refractivity contribution in [3.63, 3.8) is 0 Å². The van der Waals surface area contributed by atoms with Crippen molar-refractivity contribution in [3.8, 4) is 0 Å². The second-order valence-corrected chi connectivity index (χ2v) is 4.76. The number of aliphatic carboxylic acids is 1. The van der Waals surface area contributed by atoms with E-state index >= 15 is 0 Å². The minimum atomic E-state index is -1.21. The van der Waals surface area contributed by atoms with Crippen LogP contribution in [0.2, 0.25) is 0 Å². The predicted molar refractivity (Wildman–Crippen MR) is 57.2 cm³/mol. The maximum atomic E-state index is 12.4. The topological polar surface area (TPSA) is 78.9 Å². The Hall–Kier alpha value is -1.40. The molecule has 3 aliphatic rings. The van der Waals surface area contributed by atoms with Gasteiger partial charge in [0.05, 0.1) is 31.3 Å². The molecule has 0 saturated carbocycles. The van der Waals surface area contributed by atoms with Gasteiger partial charge in [-0.3, -0.25) is 4.79 Å². The number of fused-ring (bicyclic) bond motifs is 2. The average Bonchev–Trinajstić information content (AvgIpc) is 2.99. The molecule has 0 aliphatic carbocycles. The lowest BCUT2D eigenvalue weighted by Gasteiger charge is -2.33. The van der Waals surface area contributed by atoms with Crippen LogP contribution < -0.4 is 5.11 Å². The first-order chi connectivity index (χ1) is 8.68. The van der Waals surface area contributed by atoms with Crippen molar-refractivity contribution in [1.29, 1.82) is 0 Å². The van der Waals surface area contributed by atoms with Gasteiger partial charge in [0.1, 0.15) is 0 Å². The monoisotopic (exact) mass is 252 g/mol. The van der Waals surface area contributed by atoms with Crippen LogP contribution in [0, 0.1) is 11.8 Å². The number of rotatable bonds is 2. The van der Waals surface area contributed by atoms with Crippen LogP contribution in [0.25, 0.3) is 0 Å². The molecule has 0 aromatic carbocycles. The van der Waals surface area contributed by atoms with E-state index in [1.165, 1.54) is 0 Å². The summed E-state index contributed by atoms with van der Waals surface area (Å²) in [4.78, 5) is 25.2. The highest BCUT2D eigenvalue weighted by Gasteiger charge is 2.51. The minimum Gasteiger partial charge on any atom is -0.550 e. The molecule has 18 heavy (non-hydrogen) atoms. The number of carbonyl (C=O) groups excluding carboxylic acids is 2. The lowest BCUT2D eigenvalue weighted by atomic mass is 9.82. The fourth-order valence-corrected chi connectivity index (χ4v) is 2.88. The van der Waals surface area contributed by atoms with Gasteiger partial charge in [-0.1, -0.05) is 12.2 Å². The van der Waals surface area contributed by atoms with Crippen LogP contribution in [-0.4, -0.2) is 55.3 Å². The van der Waals surface area contributed by atoms with E-state index < -0.39 is 30.0 Å². The van der Waals surface area contributed by atoms with Crippen molar-refractivity contribution in [1.82, 2.24) is 4.90 Å². The van der Waals surface area contributed by atoms with Crippen molar-refractivity contribution in [2.24, 2.45) is 11.8 Å². The first-order valence-corrected chi connectivity index (χ1v) is 6.09. The molecule has 3 heterocycles. The van der Waals surface area contributed by atoms with Crippen molar-refractivity contribution in [2.45, 2.75) is 12.2 Å². The number of ether oxygens (including phenoxy) is 2. The smallest absolute Gasteiger partial charge is 0.229 e. The van der Waals surface area contributed by atoms with Crippen molar-refractivity contribution < 1.29 is 24.2 Å². The van der Waals surface area contributed by atoms with Gasteiger partial charge in [0, 0.05) is 25.0 Å². The Morgan fingerprint density at radius 1 is 1.11 bits per heavy atom. The Morgan fingerprint density at radius 2 is 1.72 bits per heavy atom. The van der Waals surface area contributed by atoms with Gasteiger partial charge in [-0.2, -0.15) is 0 Å². The summed E-state index contributed by atoms with van der Waals surface area (Å²) < 4.78 is 10.6. The number of carbonyl (C=O) groups is 2. The number of hydrogen-bond acceptors (Lipinski definition) is 5. The van der Waals surface area contributed by atoms with Crippen LogP contribution >= 0.6 is 0 Å². The lowest BCUT2D eigenvalue weighted by Crippen LogP contribution is -2.50. The van der Waals surface area contributed by atoms with Crippen LogP contribution in [0.1, 0.15) is 0 Å². The Bertz CT molecular complexity index is 401. The Balaban J connectivity index is 1.79. The Kier molecular flexibility index (Phi) is 2.83. The molecule has 0 N–H and O–H groups in total. The predicted octanol–water partition coefficient (Wildman–Crippen LogP) is -1.84. The van der Waals surface area contributed by atoms with Crippen LogP contribution in [0.3, 0.4) is 0 Å². The van der Waals surface area contributed by atoms with E-state index in [0.29, 0.717) is 26.3 Å². The van der Waals surface area contributed by atoms with Crippen LogP contribution in [0.15, 0.2) is 12.2 Å². The summed E-state index contributed by atoms with van der Waals surface area (Å²) in [6, 6.07) is 0. The summed E-state index contributed by atoms with van der Waals surface area (Å²) in [7, 11) is 0. The van der Waals surface area contributed by atoms with Crippen molar-refractivity contribution in [3.05, 3.63) is 12.2 Å². The van der Waals surface area contributed by atoms with E-state index in [2.05, 4.69) is 0 Å². The summed E-state index contributed by atoms with van der Waals surface area (Å²) in [5, 5.41) is 11.2. The third kappa shape index (κ3) is 1.72. The van der Waals surface area contributed by atoms with Crippen LogP contribution in [0.4, 0.5) is 0 Å². The fraction of sp³-hybridized carbons (Fsp3) is 0.667. The number of morpholine rings is 1. The van der Waals surface area contributed by atoms with E-state index in [1.807, 2.05) is 0 Å². The van der Waals surface area contributed by atoms with Crippen molar-refractivity contribution >= 4 is 11.9 Å². The zero-order valence-corrected chi connectivity index (χ0v) is 9.78. The molecule has 6 heteroatoms. The summed E-state index contributed by atoms with van der Waals surface area (Å²) in [6.45, 7) is 2.02. The largest absolute Gasteiger partial charge is 0.550 e. The highest BCUT2D eigenvalue weighted by Crippen LogP contribution is 2.39. The molecule has 4 atom stereocenters. The van der Waals surface area contributed by atoms with Gasteiger partial charge in [-0.25, -0.2) is 0 Å². The van der Waals surface area contributed by atoms with Crippen molar-refractivity contribution in [2.75, 3.05) is 26.3 Å². The molecule has 2 saturated heterocycles. The third-order valence-corrected chi connectivity index (χ3v) is 3.78. The summed E-state index contributed by atoms with van der Waals surface area (Å²) >= 11 is 0. The van der Waals surface area contributed by atoms with Gasteiger partial charge in [0.15, 0.2) is 0 Å². The molecule has 0 radical (unpaired) electrons. The standard InChI is InChI=1S/C12H15NO5/c14-11(13-3-5-17-6-4-13)9-7-1-2-8(18-7)10(9)12(15)16/h1-2,7-10H,3-6H2,(H,15,16)/p-1/t7-,8+,9+,10-/m0/s1. The number of hydrogen-bond donors (Lipinski definition) is 0. The summed E-state index contributed by atoms with van der Waals surface area (Å²) in [5.74, 6) is -2.89. The van der Waals surface area contributed by atoms with Gasteiger partial charge in [0.25, 0.3) is 0 Å². The molecular weight excluding hydrogens is 238 g/mol. The third-order valence-electron chi connectivity index (χ3n) is 3.78. The molecule has 3 rings (SSSR count). The second kappa shape index (κ2) is 4.37. The van der Waals surface area contributed by atoms with Crippen LogP contribution in [-0.2, 0) is 19.1 Å². The van der Waals surface area contributed by atoms with Crippen LogP contribution in [0.5, 0.6) is 0 Å². The van der Waals surface area contributed by atoms with Gasteiger partial charge in [0.2, 0.25) is 5.91 Å². The molecule has 6 nitrogen and oxygen atoms in total. The molecule has 0 spiro atoms. The molecule has 1 amide bonds. The van der Waals surface area contributed by atoms with E-state index in [9.17, 15) is 14.7 Å². The molecule has 2 bridgehead atoms. The van der Waals surface area contributed by atoms with E-state index in [4.69, 9.17) is 9.47 Å². The highest BCUT2D eigenvalue weighted by molar-refractivity contribution is 5.86. The molecule has 3 aliphatic heterocycles. The number of nitrogens with zero attached hydrogens (tertiary/aromatic N) is 1. The maximum Gasteiger partial charge on any atom is 0.229 e. The number of carboxylic acids is 1. The van der Waals surface area contributed by atoms with E-state index in [0.717, 1.165) is 0 Å². The van der Waals surface area contributed by atoms with Gasteiger partial charge >= 0.3 is 0 Å². The highest BCUT2D eigenvalue weighted by atomic mass is 16.5. The zero-order valence-electron chi connectivity index (χ0n) is 9.78. The summed E-state index contributed by atoms with van der Waals surface area (Å²) in [6.07, 6.45) is 2.53. The Labute approximate surface area is 104 Å².